The van der Waals surface area contributed by atoms with Crippen LogP contribution in [0.15, 0.2) is 41.2 Å². The summed E-state index contributed by atoms with van der Waals surface area (Å²) in [6.07, 6.45) is 0.283. The molecule has 0 aliphatic carbocycles. The molecule has 98 valence electrons. The van der Waals surface area contributed by atoms with Gasteiger partial charge in [0.1, 0.15) is 0 Å². The Morgan fingerprint density at radius 2 is 1.95 bits per heavy atom. The quantitative estimate of drug-likeness (QED) is 0.840. The summed E-state index contributed by atoms with van der Waals surface area (Å²) in [5.41, 5.74) is 1.97. The Hall–Kier alpha value is -2.14. The molecule has 2 N–H and O–H groups in total. The Balaban J connectivity index is 2.12. The maximum Gasteiger partial charge on any atom is 0.264 e. The topological polar surface area (TPSA) is 74.8 Å². The maximum atomic E-state index is 11.4. The third kappa shape index (κ3) is 3.66. The highest BCUT2D eigenvalue weighted by Gasteiger charge is 2.03. The van der Waals surface area contributed by atoms with Gasteiger partial charge in [-0.05, 0) is 18.2 Å². The molecular weight excluding hydrogens is 266 g/mol. The molecule has 1 aromatic carbocycles. The molecule has 0 saturated heterocycles. The van der Waals surface area contributed by atoms with Crippen molar-refractivity contribution in [1.82, 2.24) is 10.2 Å². The number of H-pyrrole nitrogens is 1. The minimum Gasteiger partial charge on any atom is -0.326 e. The molecule has 2 rings (SSSR count). The van der Waals surface area contributed by atoms with Gasteiger partial charge in [-0.25, -0.2) is 5.10 Å². The molecule has 0 atom stereocenters. The molecule has 0 spiro atoms. The highest BCUT2D eigenvalue weighted by Crippen LogP contribution is 2.18. The summed E-state index contributed by atoms with van der Waals surface area (Å²) in [7, 11) is 0. The Kier molecular flexibility index (Phi) is 4.30. The lowest BCUT2D eigenvalue weighted by Gasteiger charge is -2.05. The molecule has 5 nitrogen and oxygen atoms in total. The third-order valence-corrected chi connectivity index (χ3v) is 2.65. The lowest BCUT2D eigenvalue weighted by Crippen LogP contribution is -2.11. The number of aromatic amines is 1. The van der Waals surface area contributed by atoms with E-state index in [0.29, 0.717) is 17.3 Å². The largest absolute Gasteiger partial charge is 0.326 e. The van der Waals surface area contributed by atoms with E-state index >= 15 is 0 Å². The Bertz CT molecular complexity index is 602. The van der Waals surface area contributed by atoms with E-state index < -0.39 is 0 Å². The molecule has 0 bridgehead atoms. The molecule has 0 saturated carbocycles. The third-order valence-electron chi connectivity index (χ3n) is 2.47. The number of rotatable bonds is 4. The first-order valence-electron chi connectivity index (χ1n) is 5.71. The van der Waals surface area contributed by atoms with Gasteiger partial charge in [0.25, 0.3) is 5.56 Å². The number of hydrogen-bond acceptors (Lipinski definition) is 3. The number of alkyl halides is 1. The molecule has 1 aromatic heterocycles. The van der Waals surface area contributed by atoms with Crippen molar-refractivity contribution < 1.29 is 4.79 Å². The van der Waals surface area contributed by atoms with Gasteiger partial charge in [0.2, 0.25) is 5.91 Å². The molecule has 1 amide bonds. The predicted molar refractivity (Wildman–Crippen MR) is 74.3 cm³/mol. The van der Waals surface area contributed by atoms with Crippen molar-refractivity contribution in [3.8, 4) is 11.3 Å². The van der Waals surface area contributed by atoms with Crippen LogP contribution >= 0.6 is 11.6 Å². The van der Waals surface area contributed by atoms with E-state index in [9.17, 15) is 9.59 Å². The minimum atomic E-state index is -0.242. The van der Waals surface area contributed by atoms with E-state index in [0.717, 1.165) is 5.56 Å². The smallest absolute Gasteiger partial charge is 0.264 e. The zero-order valence-electron chi connectivity index (χ0n) is 10.0. The van der Waals surface area contributed by atoms with E-state index in [2.05, 4.69) is 15.5 Å². The second-order valence-corrected chi connectivity index (χ2v) is 4.25. The van der Waals surface area contributed by atoms with E-state index in [4.69, 9.17) is 11.6 Å². The van der Waals surface area contributed by atoms with Crippen molar-refractivity contribution >= 4 is 23.2 Å². The number of carbonyl (C=O) groups is 1. The van der Waals surface area contributed by atoms with Gasteiger partial charge in [0.15, 0.2) is 0 Å². The van der Waals surface area contributed by atoms with Crippen LogP contribution in [0.3, 0.4) is 0 Å². The van der Waals surface area contributed by atoms with Crippen LogP contribution in [0.2, 0.25) is 0 Å². The number of aromatic nitrogens is 2. The first-order chi connectivity index (χ1) is 9.19. The second kappa shape index (κ2) is 6.15. The van der Waals surface area contributed by atoms with Crippen molar-refractivity contribution in [1.29, 1.82) is 0 Å². The molecule has 0 unspecified atom stereocenters. The highest BCUT2D eigenvalue weighted by molar-refractivity contribution is 6.19. The number of amides is 1. The van der Waals surface area contributed by atoms with Gasteiger partial charge in [-0.15, -0.1) is 11.6 Å². The van der Waals surface area contributed by atoms with E-state index in [1.807, 2.05) is 12.1 Å². The maximum absolute atomic E-state index is 11.4. The summed E-state index contributed by atoms with van der Waals surface area (Å²) in [5.74, 6) is 0.176. The summed E-state index contributed by atoms with van der Waals surface area (Å²) in [5, 5.41) is 9.03. The number of nitrogens with zero attached hydrogens (tertiary/aromatic N) is 1. The van der Waals surface area contributed by atoms with Crippen molar-refractivity contribution in [2.45, 2.75) is 6.42 Å². The molecule has 2 aromatic rings. The van der Waals surface area contributed by atoms with Crippen LogP contribution in [0, 0.1) is 0 Å². The van der Waals surface area contributed by atoms with E-state index in [1.54, 1.807) is 18.2 Å². The normalized spacial score (nSPS) is 10.2. The van der Waals surface area contributed by atoms with Crippen molar-refractivity contribution in [3.05, 3.63) is 46.8 Å². The standard InChI is InChI=1S/C13H12ClN3O2/c14-8-7-12(18)15-10-3-1-9(2-4-10)11-5-6-13(19)17-16-11/h1-6H,7-8H2,(H,15,18)(H,17,19). The monoisotopic (exact) mass is 277 g/mol. The molecule has 0 fully saturated rings. The Morgan fingerprint density at radius 1 is 1.21 bits per heavy atom. The Morgan fingerprint density at radius 3 is 2.53 bits per heavy atom. The van der Waals surface area contributed by atoms with Crippen LogP contribution in [-0.4, -0.2) is 22.0 Å². The highest BCUT2D eigenvalue weighted by atomic mass is 35.5. The molecule has 19 heavy (non-hydrogen) atoms. The van der Waals surface area contributed by atoms with E-state index in [-0.39, 0.29) is 17.9 Å². The van der Waals surface area contributed by atoms with Crippen LogP contribution in [0.5, 0.6) is 0 Å². The number of halogens is 1. The van der Waals surface area contributed by atoms with Crippen molar-refractivity contribution in [2.75, 3.05) is 11.2 Å². The minimum absolute atomic E-state index is 0.120. The summed E-state index contributed by atoms with van der Waals surface area (Å²) in [4.78, 5) is 22.3. The predicted octanol–water partition coefficient (Wildman–Crippen LogP) is 2.00. The van der Waals surface area contributed by atoms with Crippen LogP contribution in [0.1, 0.15) is 6.42 Å². The molecule has 0 aliphatic heterocycles. The summed E-state index contributed by atoms with van der Waals surface area (Å²) in [6, 6.07) is 10.2. The van der Waals surface area contributed by atoms with E-state index in [1.165, 1.54) is 6.07 Å². The Labute approximate surface area is 114 Å². The van der Waals surface area contributed by atoms with Gasteiger partial charge in [-0.1, -0.05) is 12.1 Å². The summed E-state index contributed by atoms with van der Waals surface area (Å²) in [6.45, 7) is 0. The van der Waals surface area contributed by atoms with Gasteiger partial charge in [0.05, 0.1) is 5.69 Å². The number of hydrogen-bond donors (Lipinski definition) is 2. The lowest BCUT2D eigenvalue weighted by molar-refractivity contribution is -0.115. The van der Waals surface area contributed by atoms with Gasteiger partial charge in [-0.2, -0.15) is 5.10 Å². The number of carbonyl (C=O) groups excluding carboxylic acids is 1. The molecule has 0 radical (unpaired) electrons. The number of anilines is 1. The van der Waals surface area contributed by atoms with Gasteiger partial charge in [0, 0.05) is 29.6 Å². The average molecular weight is 278 g/mol. The SMILES string of the molecule is O=C(CCCl)Nc1ccc(-c2ccc(=O)[nH]n2)cc1. The van der Waals surface area contributed by atoms with Crippen LogP contribution in [0.4, 0.5) is 5.69 Å². The molecular formula is C13H12ClN3O2. The molecule has 1 heterocycles. The van der Waals surface area contributed by atoms with Gasteiger partial charge < -0.3 is 5.32 Å². The van der Waals surface area contributed by atoms with Gasteiger partial charge >= 0.3 is 0 Å². The fourth-order valence-electron chi connectivity index (χ4n) is 1.54. The summed E-state index contributed by atoms with van der Waals surface area (Å²) >= 11 is 5.48. The fraction of sp³-hybridized carbons (Fsp3) is 0.154. The lowest BCUT2D eigenvalue weighted by atomic mass is 10.1. The van der Waals surface area contributed by atoms with Crippen molar-refractivity contribution in [2.24, 2.45) is 0 Å². The average Bonchev–Trinajstić information content (AvgIpc) is 2.41. The van der Waals surface area contributed by atoms with Crippen LogP contribution in [0.25, 0.3) is 11.3 Å². The van der Waals surface area contributed by atoms with Crippen molar-refractivity contribution in [3.63, 3.8) is 0 Å². The first kappa shape index (κ1) is 13.3. The number of nitrogens with one attached hydrogen (secondary N) is 2. The second-order valence-electron chi connectivity index (χ2n) is 3.87. The van der Waals surface area contributed by atoms with Crippen LogP contribution in [-0.2, 0) is 4.79 Å². The number of benzene rings is 1. The summed E-state index contributed by atoms with van der Waals surface area (Å²) < 4.78 is 0. The molecule has 0 aliphatic rings. The first-order valence-corrected chi connectivity index (χ1v) is 6.24. The molecule has 6 heteroatoms. The fourth-order valence-corrected chi connectivity index (χ4v) is 1.71. The zero-order chi connectivity index (χ0) is 13.7. The van der Waals surface area contributed by atoms with Gasteiger partial charge in [-0.3, -0.25) is 9.59 Å². The zero-order valence-corrected chi connectivity index (χ0v) is 10.8. The van der Waals surface area contributed by atoms with Crippen LogP contribution < -0.4 is 10.9 Å².